The fraction of sp³-hybridized carbons (Fsp3) is 0.545. The molecule has 1 rings (SSSR count). The summed E-state index contributed by atoms with van der Waals surface area (Å²) in [6.45, 7) is 4.01. The average Bonchev–Trinajstić information content (AvgIpc) is 2.36. The maximum atomic E-state index is 11.6. The predicted molar refractivity (Wildman–Crippen MR) is 59.9 cm³/mol. The lowest BCUT2D eigenvalue weighted by Gasteiger charge is -2.25. The second-order valence-corrected chi connectivity index (χ2v) is 3.70. The van der Waals surface area contributed by atoms with Gasteiger partial charge in [0.15, 0.2) is 0 Å². The van der Waals surface area contributed by atoms with Crippen LogP contribution in [0, 0.1) is 0 Å². The molecule has 1 aromatic heterocycles. The summed E-state index contributed by atoms with van der Waals surface area (Å²) in [5.74, 6) is -0.312. The van der Waals surface area contributed by atoms with Gasteiger partial charge in [-0.2, -0.15) is 0 Å². The zero-order chi connectivity index (χ0) is 12.0. The van der Waals surface area contributed by atoms with Crippen LogP contribution in [0.1, 0.15) is 37.2 Å². The molecular weight excluding hydrogens is 206 g/mol. The van der Waals surface area contributed by atoms with Crippen molar-refractivity contribution in [3.8, 4) is 0 Å². The van der Waals surface area contributed by atoms with E-state index in [9.17, 15) is 9.90 Å². The van der Waals surface area contributed by atoms with Crippen LogP contribution in [-0.2, 0) is 0 Å². The number of aromatic nitrogens is 2. The fourth-order valence-electron chi connectivity index (χ4n) is 1.25. The van der Waals surface area contributed by atoms with Gasteiger partial charge >= 0.3 is 0 Å². The Balaban J connectivity index is 2.54. The average molecular weight is 223 g/mol. The fourth-order valence-corrected chi connectivity index (χ4v) is 1.25. The van der Waals surface area contributed by atoms with Crippen molar-refractivity contribution in [2.75, 3.05) is 6.54 Å². The second kappa shape index (κ2) is 5.55. The minimum absolute atomic E-state index is 0.232. The number of amides is 1. The third-order valence-electron chi connectivity index (χ3n) is 2.69. The van der Waals surface area contributed by atoms with Crippen LogP contribution < -0.4 is 5.32 Å². The Morgan fingerprint density at radius 3 is 2.62 bits per heavy atom. The summed E-state index contributed by atoms with van der Waals surface area (Å²) in [6.07, 6.45) is 5.56. The van der Waals surface area contributed by atoms with E-state index in [1.165, 1.54) is 18.6 Å². The maximum Gasteiger partial charge on any atom is 0.271 e. The molecule has 0 saturated carbocycles. The summed E-state index contributed by atoms with van der Waals surface area (Å²) in [5.41, 5.74) is -0.574. The molecule has 0 aliphatic carbocycles. The molecule has 0 fully saturated rings. The van der Waals surface area contributed by atoms with Gasteiger partial charge in [0.25, 0.3) is 5.91 Å². The highest BCUT2D eigenvalue weighted by Gasteiger charge is 2.23. The molecule has 1 heterocycles. The molecule has 2 N–H and O–H groups in total. The Labute approximate surface area is 94.9 Å². The molecule has 5 nitrogen and oxygen atoms in total. The number of carbonyl (C=O) groups is 1. The van der Waals surface area contributed by atoms with Crippen LogP contribution in [0.15, 0.2) is 18.6 Å². The smallest absolute Gasteiger partial charge is 0.271 e. The van der Waals surface area contributed by atoms with Gasteiger partial charge in [0, 0.05) is 18.9 Å². The number of aliphatic hydroxyl groups is 1. The molecule has 0 bridgehead atoms. The summed E-state index contributed by atoms with van der Waals surface area (Å²) in [6, 6.07) is 0. The highest BCUT2D eigenvalue weighted by molar-refractivity contribution is 5.91. The molecule has 0 aliphatic rings. The van der Waals surface area contributed by atoms with Gasteiger partial charge in [0.05, 0.1) is 11.8 Å². The molecule has 88 valence electrons. The first kappa shape index (κ1) is 12.6. The van der Waals surface area contributed by atoms with Crippen molar-refractivity contribution < 1.29 is 9.90 Å². The third kappa shape index (κ3) is 3.27. The highest BCUT2D eigenvalue weighted by Crippen LogP contribution is 2.12. The minimum Gasteiger partial charge on any atom is -0.388 e. The Hall–Kier alpha value is -1.49. The van der Waals surface area contributed by atoms with Gasteiger partial charge in [-0.25, -0.2) is 4.98 Å². The summed E-state index contributed by atoms with van der Waals surface area (Å²) in [5, 5.41) is 12.6. The molecule has 0 spiro atoms. The van der Waals surface area contributed by atoms with Gasteiger partial charge in [-0.15, -0.1) is 0 Å². The zero-order valence-corrected chi connectivity index (χ0v) is 9.60. The monoisotopic (exact) mass is 223 g/mol. The minimum atomic E-state index is -0.835. The van der Waals surface area contributed by atoms with E-state index in [0.717, 1.165) is 0 Å². The van der Waals surface area contributed by atoms with E-state index >= 15 is 0 Å². The number of carbonyl (C=O) groups excluding carboxylic acids is 1. The van der Waals surface area contributed by atoms with Crippen LogP contribution in [0.2, 0.25) is 0 Å². The van der Waals surface area contributed by atoms with Gasteiger partial charge in [-0.05, 0) is 12.8 Å². The van der Waals surface area contributed by atoms with Crippen molar-refractivity contribution in [1.29, 1.82) is 0 Å². The van der Waals surface area contributed by atoms with E-state index in [2.05, 4.69) is 15.3 Å². The first-order chi connectivity index (χ1) is 7.61. The number of hydrogen-bond acceptors (Lipinski definition) is 4. The first-order valence-electron chi connectivity index (χ1n) is 5.38. The standard InChI is InChI=1S/C11H17N3O2/c1-3-11(16,4-2)8-14-10(15)9-7-12-5-6-13-9/h5-7,16H,3-4,8H2,1-2H3,(H,14,15). The van der Waals surface area contributed by atoms with Crippen LogP contribution in [0.25, 0.3) is 0 Å². The Kier molecular flexibility index (Phi) is 4.37. The molecular formula is C11H17N3O2. The normalized spacial score (nSPS) is 11.2. The highest BCUT2D eigenvalue weighted by atomic mass is 16.3. The van der Waals surface area contributed by atoms with Crippen molar-refractivity contribution in [2.24, 2.45) is 0 Å². The molecule has 0 atom stereocenters. The van der Waals surface area contributed by atoms with Crippen molar-refractivity contribution in [3.63, 3.8) is 0 Å². The van der Waals surface area contributed by atoms with Crippen LogP contribution >= 0.6 is 0 Å². The third-order valence-corrected chi connectivity index (χ3v) is 2.69. The molecule has 16 heavy (non-hydrogen) atoms. The number of nitrogens with zero attached hydrogens (tertiary/aromatic N) is 2. The van der Waals surface area contributed by atoms with Gasteiger partial charge in [0.1, 0.15) is 5.69 Å². The van der Waals surface area contributed by atoms with Crippen molar-refractivity contribution >= 4 is 5.91 Å². The number of rotatable bonds is 5. The Morgan fingerprint density at radius 1 is 1.44 bits per heavy atom. The zero-order valence-electron chi connectivity index (χ0n) is 9.60. The molecule has 1 amide bonds. The van der Waals surface area contributed by atoms with E-state index in [4.69, 9.17) is 0 Å². The Bertz CT molecular complexity index is 336. The van der Waals surface area contributed by atoms with Crippen molar-refractivity contribution in [2.45, 2.75) is 32.3 Å². The lowest BCUT2D eigenvalue weighted by molar-refractivity contribution is 0.0313. The predicted octanol–water partition coefficient (Wildman–Crippen LogP) is 0.757. The molecule has 0 radical (unpaired) electrons. The molecule has 1 aromatic rings. The molecule has 0 aliphatic heterocycles. The lowest BCUT2D eigenvalue weighted by atomic mass is 9.97. The number of nitrogens with one attached hydrogen (secondary N) is 1. The Morgan fingerprint density at radius 2 is 2.12 bits per heavy atom. The van der Waals surface area contributed by atoms with Gasteiger partial charge in [-0.1, -0.05) is 13.8 Å². The van der Waals surface area contributed by atoms with Crippen LogP contribution in [0.5, 0.6) is 0 Å². The van der Waals surface area contributed by atoms with E-state index in [0.29, 0.717) is 12.8 Å². The topological polar surface area (TPSA) is 75.1 Å². The number of hydrogen-bond donors (Lipinski definition) is 2. The quantitative estimate of drug-likeness (QED) is 0.772. The van der Waals surface area contributed by atoms with E-state index in [-0.39, 0.29) is 18.1 Å². The summed E-state index contributed by atoms with van der Waals surface area (Å²) >= 11 is 0. The van der Waals surface area contributed by atoms with E-state index in [1.54, 1.807) is 0 Å². The van der Waals surface area contributed by atoms with Crippen LogP contribution in [0.3, 0.4) is 0 Å². The largest absolute Gasteiger partial charge is 0.388 e. The second-order valence-electron chi connectivity index (χ2n) is 3.70. The summed E-state index contributed by atoms with van der Waals surface area (Å²) in [4.78, 5) is 19.3. The van der Waals surface area contributed by atoms with E-state index < -0.39 is 5.60 Å². The van der Waals surface area contributed by atoms with Crippen molar-refractivity contribution in [1.82, 2.24) is 15.3 Å². The van der Waals surface area contributed by atoms with Crippen LogP contribution in [0.4, 0.5) is 0 Å². The van der Waals surface area contributed by atoms with Gasteiger partial charge in [0.2, 0.25) is 0 Å². The molecule has 0 aromatic carbocycles. The molecule has 5 heteroatoms. The van der Waals surface area contributed by atoms with E-state index in [1.807, 2.05) is 13.8 Å². The summed E-state index contributed by atoms with van der Waals surface area (Å²) in [7, 11) is 0. The maximum absolute atomic E-state index is 11.6. The van der Waals surface area contributed by atoms with Crippen LogP contribution in [-0.4, -0.2) is 33.1 Å². The first-order valence-corrected chi connectivity index (χ1v) is 5.38. The van der Waals surface area contributed by atoms with Gasteiger partial charge < -0.3 is 10.4 Å². The van der Waals surface area contributed by atoms with Crippen molar-refractivity contribution in [3.05, 3.63) is 24.3 Å². The lowest BCUT2D eigenvalue weighted by Crippen LogP contribution is -2.42. The molecule has 0 unspecified atom stereocenters. The van der Waals surface area contributed by atoms with Gasteiger partial charge in [-0.3, -0.25) is 9.78 Å². The summed E-state index contributed by atoms with van der Waals surface area (Å²) < 4.78 is 0. The SMILES string of the molecule is CCC(O)(CC)CNC(=O)c1cnccn1. The molecule has 0 saturated heterocycles.